The number of hydrogen-bond acceptors (Lipinski definition) is 4. The molecule has 1 aromatic heterocycles. The van der Waals surface area contributed by atoms with Gasteiger partial charge in [-0.1, -0.05) is 59.6 Å². The number of aliphatic imine (C=N–C) groups is 1. The maximum absolute atomic E-state index is 14.3. The van der Waals surface area contributed by atoms with E-state index in [1.807, 2.05) is 30.3 Å². The lowest BCUT2D eigenvalue weighted by atomic mass is 10.0. The number of nitrogens with zero attached hydrogens (tertiary/aromatic N) is 1. The molecule has 0 saturated carbocycles. The van der Waals surface area contributed by atoms with Gasteiger partial charge in [0.2, 0.25) is 5.91 Å². The number of carbonyl (C=O) groups is 1. The fourth-order valence-corrected chi connectivity index (χ4v) is 4.76. The highest BCUT2D eigenvalue weighted by atomic mass is 35.5. The summed E-state index contributed by atoms with van der Waals surface area (Å²) in [6.07, 6.45) is 0.0508. The Bertz CT molecular complexity index is 1720. The minimum atomic E-state index is -0.879. The number of fused-ring (bicyclic) bond motifs is 1. The van der Waals surface area contributed by atoms with Crippen molar-refractivity contribution in [1.82, 2.24) is 10.3 Å². The van der Waals surface area contributed by atoms with Crippen molar-refractivity contribution in [2.24, 2.45) is 4.99 Å². The van der Waals surface area contributed by atoms with Crippen molar-refractivity contribution in [2.75, 3.05) is 0 Å². The summed E-state index contributed by atoms with van der Waals surface area (Å²) in [6.45, 7) is 3.42. The molecule has 10 heteroatoms. The smallest absolute Gasteiger partial charge is 0.252 e. The topological polar surface area (TPSA) is 94.6 Å². The molecule has 3 N–H and O–H groups in total. The van der Waals surface area contributed by atoms with Gasteiger partial charge in [-0.05, 0) is 56.5 Å². The molecule has 3 aromatic carbocycles. The van der Waals surface area contributed by atoms with Gasteiger partial charge in [0, 0.05) is 39.7 Å². The van der Waals surface area contributed by atoms with Gasteiger partial charge in [0.1, 0.15) is 17.4 Å². The Kier molecular flexibility index (Phi) is 9.57. The standard InChI is InChI=1S/C31H27Cl2F2N3O3/c1-17(32)31(20-8-12-25-22(15-20)27(39)16-29(41)37-25)36-18(2)26(14-19-6-4-3-5-7-19)38-28(40)13-9-21-24(34)11-10-23(33)30(21)35/h3-8,10-12,15-16,26H,9,13-14H2,1-2H3,(H,38,40)(H2,37,39,41)/b31-17+,36-18+/t26-/m0/s1. The van der Waals surface area contributed by atoms with Crippen LogP contribution in [0, 0.1) is 11.6 Å². The minimum Gasteiger partial charge on any atom is -0.507 e. The predicted octanol–water partition coefficient (Wildman–Crippen LogP) is 6.91. The van der Waals surface area contributed by atoms with Gasteiger partial charge in [-0.2, -0.15) is 0 Å². The number of H-pyrrole nitrogens is 1. The fourth-order valence-electron chi connectivity index (χ4n) is 4.43. The van der Waals surface area contributed by atoms with E-state index in [1.54, 1.807) is 32.0 Å². The number of benzene rings is 3. The van der Waals surface area contributed by atoms with Crippen LogP contribution in [0.5, 0.6) is 5.75 Å². The van der Waals surface area contributed by atoms with Crippen molar-refractivity contribution in [3.05, 3.63) is 115 Å². The first-order valence-corrected chi connectivity index (χ1v) is 13.5. The number of aromatic amines is 1. The predicted molar refractivity (Wildman–Crippen MR) is 160 cm³/mol. The summed E-state index contributed by atoms with van der Waals surface area (Å²) in [7, 11) is 0. The molecule has 4 aromatic rings. The van der Waals surface area contributed by atoms with Gasteiger partial charge in [0.25, 0.3) is 5.56 Å². The van der Waals surface area contributed by atoms with Crippen molar-refractivity contribution in [3.8, 4) is 5.75 Å². The maximum atomic E-state index is 14.3. The Labute approximate surface area is 245 Å². The molecule has 41 heavy (non-hydrogen) atoms. The largest absolute Gasteiger partial charge is 0.507 e. The lowest BCUT2D eigenvalue weighted by molar-refractivity contribution is -0.121. The second-order valence-corrected chi connectivity index (χ2v) is 10.5. The molecular formula is C31H27Cl2F2N3O3. The molecule has 0 unspecified atom stereocenters. The Morgan fingerprint density at radius 1 is 1.07 bits per heavy atom. The van der Waals surface area contributed by atoms with E-state index >= 15 is 0 Å². The van der Waals surface area contributed by atoms with Crippen LogP contribution in [0.25, 0.3) is 16.6 Å². The number of halogens is 4. The van der Waals surface area contributed by atoms with Crippen molar-refractivity contribution < 1.29 is 18.7 Å². The van der Waals surface area contributed by atoms with Crippen LogP contribution in [-0.4, -0.2) is 27.8 Å². The van der Waals surface area contributed by atoms with Crippen LogP contribution in [0.3, 0.4) is 0 Å². The number of carbonyl (C=O) groups excluding carboxylic acids is 1. The molecule has 212 valence electrons. The molecule has 0 bridgehead atoms. The zero-order valence-corrected chi connectivity index (χ0v) is 23.8. The van der Waals surface area contributed by atoms with E-state index in [9.17, 15) is 23.5 Å². The van der Waals surface area contributed by atoms with Crippen LogP contribution in [-0.2, 0) is 17.6 Å². The molecule has 6 nitrogen and oxygen atoms in total. The third kappa shape index (κ3) is 7.39. The Morgan fingerprint density at radius 3 is 2.51 bits per heavy atom. The molecule has 0 fully saturated rings. The molecule has 0 aliphatic heterocycles. The third-order valence-corrected chi connectivity index (χ3v) is 7.04. The fraction of sp³-hybridized carbons (Fsp3) is 0.194. The summed E-state index contributed by atoms with van der Waals surface area (Å²) in [5.74, 6) is -2.25. The summed E-state index contributed by atoms with van der Waals surface area (Å²) >= 11 is 12.2. The van der Waals surface area contributed by atoms with Gasteiger partial charge in [0.05, 0.1) is 22.3 Å². The highest BCUT2D eigenvalue weighted by molar-refractivity contribution is 6.32. The first kappa shape index (κ1) is 30.0. The molecule has 0 aliphatic carbocycles. The van der Waals surface area contributed by atoms with Gasteiger partial charge in [-0.25, -0.2) is 8.78 Å². The summed E-state index contributed by atoms with van der Waals surface area (Å²) in [5.41, 5.74) is 2.24. The maximum Gasteiger partial charge on any atom is 0.252 e. The lowest BCUT2D eigenvalue weighted by Gasteiger charge is -2.20. The Morgan fingerprint density at radius 2 is 1.80 bits per heavy atom. The van der Waals surface area contributed by atoms with Crippen molar-refractivity contribution in [1.29, 1.82) is 0 Å². The molecule has 0 radical (unpaired) electrons. The molecule has 0 aliphatic rings. The number of aromatic nitrogens is 1. The molecule has 4 rings (SSSR count). The molecule has 0 saturated heterocycles. The average molecular weight is 598 g/mol. The van der Waals surface area contributed by atoms with Crippen molar-refractivity contribution in [2.45, 2.75) is 39.2 Å². The second-order valence-electron chi connectivity index (χ2n) is 9.55. The quantitative estimate of drug-likeness (QED) is 0.144. The van der Waals surface area contributed by atoms with E-state index in [0.717, 1.165) is 23.8 Å². The Balaban J connectivity index is 1.63. The summed E-state index contributed by atoms with van der Waals surface area (Å²) < 4.78 is 28.5. The average Bonchev–Trinajstić information content (AvgIpc) is 2.93. The van der Waals surface area contributed by atoms with E-state index in [4.69, 9.17) is 28.2 Å². The Hall–Kier alpha value is -4.01. The van der Waals surface area contributed by atoms with Crippen LogP contribution in [0.2, 0.25) is 5.02 Å². The normalized spacial score (nSPS) is 13.2. The van der Waals surface area contributed by atoms with Gasteiger partial charge < -0.3 is 15.4 Å². The van der Waals surface area contributed by atoms with E-state index in [-0.39, 0.29) is 29.2 Å². The molecular weight excluding hydrogens is 571 g/mol. The highest BCUT2D eigenvalue weighted by Crippen LogP contribution is 2.29. The number of allylic oxidation sites excluding steroid dienone is 1. The van der Waals surface area contributed by atoms with Crippen LogP contribution < -0.4 is 10.9 Å². The van der Waals surface area contributed by atoms with E-state index in [0.29, 0.717) is 39.3 Å². The van der Waals surface area contributed by atoms with Crippen molar-refractivity contribution >= 4 is 51.4 Å². The summed E-state index contributed by atoms with van der Waals surface area (Å²) in [5, 5.41) is 13.8. The zero-order chi connectivity index (χ0) is 29.7. The molecule has 1 heterocycles. The third-order valence-electron chi connectivity index (χ3n) is 6.57. The molecule has 1 atom stereocenters. The lowest BCUT2D eigenvalue weighted by Crippen LogP contribution is -2.41. The van der Waals surface area contributed by atoms with Crippen LogP contribution in [0.15, 0.2) is 81.5 Å². The highest BCUT2D eigenvalue weighted by Gasteiger charge is 2.20. The number of aromatic hydroxyl groups is 1. The van der Waals surface area contributed by atoms with Gasteiger partial charge in [-0.15, -0.1) is 0 Å². The molecule has 0 spiro atoms. The minimum absolute atomic E-state index is 0.174. The van der Waals surface area contributed by atoms with Gasteiger partial charge in [-0.3, -0.25) is 14.6 Å². The van der Waals surface area contributed by atoms with Gasteiger partial charge in [0.15, 0.2) is 0 Å². The van der Waals surface area contributed by atoms with E-state index < -0.39 is 29.1 Å². The van der Waals surface area contributed by atoms with E-state index in [2.05, 4.69) is 10.3 Å². The van der Waals surface area contributed by atoms with Crippen LogP contribution in [0.1, 0.15) is 37.0 Å². The number of hydrogen-bond donors (Lipinski definition) is 3. The van der Waals surface area contributed by atoms with Crippen molar-refractivity contribution in [3.63, 3.8) is 0 Å². The number of rotatable bonds is 9. The van der Waals surface area contributed by atoms with Crippen LogP contribution >= 0.6 is 23.2 Å². The SMILES string of the molecule is C/C(=N\C(=C(/C)Cl)c1ccc2[nH]c(=O)cc(O)c2c1)[C@H](Cc1ccccc1)NC(=O)CCc1c(F)ccc(Cl)c1F. The number of nitrogens with one attached hydrogen (secondary N) is 2. The second kappa shape index (κ2) is 13.1. The first-order valence-electron chi connectivity index (χ1n) is 12.8. The summed E-state index contributed by atoms with van der Waals surface area (Å²) in [4.78, 5) is 32.1. The molecule has 1 amide bonds. The summed E-state index contributed by atoms with van der Waals surface area (Å²) in [6, 6.07) is 17.2. The zero-order valence-electron chi connectivity index (χ0n) is 22.3. The number of pyridine rings is 1. The number of amides is 1. The van der Waals surface area contributed by atoms with Gasteiger partial charge >= 0.3 is 0 Å². The van der Waals surface area contributed by atoms with E-state index in [1.165, 1.54) is 0 Å². The monoisotopic (exact) mass is 597 g/mol. The van der Waals surface area contributed by atoms with Crippen LogP contribution in [0.4, 0.5) is 8.78 Å². The first-order chi connectivity index (χ1) is 19.5.